The van der Waals surface area contributed by atoms with Gasteiger partial charge in [0.2, 0.25) is 5.82 Å². The van der Waals surface area contributed by atoms with Gasteiger partial charge in [-0.1, -0.05) is 12.1 Å². The second-order valence-corrected chi connectivity index (χ2v) is 15.5. The number of methoxy groups -OCH3 is 1. The number of hydrogen-bond acceptors (Lipinski definition) is 9. The second-order valence-electron chi connectivity index (χ2n) is 14.4. The molecular weight excluding hydrogens is 706 g/mol. The van der Waals surface area contributed by atoms with Gasteiger partial charge in [0.15, 0.2) is 11.6 Å². The zero-order chi connectivity index (χ0) is 36.3. The summed E-state index contributed by atoms with van der Waals surface area (Å²) in [7, 11) is 1.34. The van der Waals surface area contributed by atoms with Gasteiger partial charge in [-0.2, -0.15) is 4.39 Å². The minimum atomic E-state index is -0.997. The van der Waals surface area contributed by atoms with Gasteiger partial charge in [0.1, 0.15) is 11.6 Å². The highest BCUT2D eigenvalue weighted by atomic mass is 32.1. The Balaban J connectivity index is 1.15. The SMILES string of the molecule is COc1c(F)c(F)cc2c1CC[C@@H]2Nc1nc(C)cc2cc(-c3c4c(nc(CCc5ccc(F)cc5)c3-c3n[nH]c(=O)o3)C35CC(CN3C4=O)C5)sc12. The molecule has 53 heavy (non-hydrogen) atoms. The number of amides is 1. The molecule has 1 spiro atoms. The van der Waals surface area contributed by atoms with Gasteiger partial charge in [-0.25, -0.2) is 23.7 Å². The third kappa shape index (κ3) is 4.73. The van der Waals surface area contributed by atoms with Crippen LogP contribution in [-0.2, 0) is 24.8 Å². The molecule has 2 saturated heterocycles. The number of fused-ring (bicyclic) bond motifs is 3. The van der Waals surface area contributed by atoms with Gasteiger partial charge in [-0.15, -0.1) is 16.4 Å². The fourth-order valence-corrected chi connectivity index (χ4v) is 10.3. The van der Waals surface area contributed by atoms with Crippen LogP contribution in [-0.4, -0.2) is 44.6 Å². The number of aromatic amines is 1. The van der Waals surface area contributed by atoms with Crippen LogP contribution in [0.2, 0.25) is 0 Å². The van der Waals surface area contributed by atoms with Crippen molar-refractivity contribution in [3.05, 3.63) is 110 Å². The third-order valence-corrected chi connectivity index (χ3v) is 12.5. The van der Waals surface area contributed by atoms with E-state index in [1.54, 1.807) is 12.1 Å². The van der Waals surface area contributed by atoms with Gasteiger partial charge >= 0.3 is 5.76 Å². The van der Waals surface area contributed by atoms with Crippen LogP contribution in [0.1, 0.15) is 69.4 Å². The van der Waals surface area contributed by atoms with E-state index in [4.69, 9.17) is 19.1 Å². The van der Waals surface area contributed by atoms with E-state index in [9.17, 15) is 22.8 Å². The smallest absolute Gasteiger partial charge is 0.434 e. The number of rotatable bonds is 8. The summed E-state index contributed by atoms with van der Waals surface area (Å²) in [6.07, 6.45) is 3.69. The minimum absolute atomic E-state index is 0.0223. The summed E-state index contributed by atoms with van der Waals surface area (Å²) in [5.41, 5.74) is 5.28. The number of carbonyl (C=O) groups excluding carboxylic acids is 1. The number of carbonyl (C=O) groups is 1. The highest BCUT2D eigenvalue weighted by molar-refractivity contribution is 7.23. The van der Waals surface area contributed by atoms with Crippen molar-refractivity contribution in [2.24, 2.45) is 5.92 Å². The van der Waals surface area contributed by atoms with Crippen molar-refractivity contribution in [1.82, 2.24) is 25.1 Å². The first kappa shape index (κ1) is 32.2. The third-order valence-electron chi connectivity index (χ3n) is 11.4. The van der Waals surface area contributed by atoms with Crippen molar-refractivity contribution in [3.63, 3.8) is 0 Å². The highest BCUT2D eigenvalue weighted by Crippen LogP contribution is 2.63. The molecule has 11 rings (SSSR count). The van der Waals surface area contributed by atoms with Crippen LogP contribution in [0.3, 0.4) is 0 Å². The van der Waals surface area contributed by atoms with Crippen molar-refractivity contribution in [3.8, 4) is 27.6 Å². The number of benzene rings is 2. The average Bonchev–Trinajstić information content (AvgIpc) is 3.97. The standard InChI is InChI=1S/C39H31F3N6O4S/c1-17-11-20-12-27(53-33(20)35(43-17)45-25-10-8-22-23(25)13-24(41)31(42)32(22)51-2)29-28(36-46-47-38(50)52-36)26(9-5-18-3-6-21(40)7-4-18)44-34-30(29)37(49)48-16-19-14-39(34,48)15-19/h3-4,6-7,11-13,19,25H,5,8-10,14-16H2,1-2H3,(H,43,45)(H,47,50)/t19?,25-,39?/m0/s1. The number of H-pyrrole nitrogens is 1. The largest absolute Gasteiger partial charge is 0.493 e. The zero-order valence-corrected chi connectivity index (χ0v) is 29.4. The van der Waals surface area contributed by atoms with E-state index < -0.39 is 22.9 Å². The van der Waals surface area contributed by atoms with E-state index in [0.717, 1.165) is 44.8 Å². The lowest BCUT2D eigenvalue weighted by Gasteiger charge is -2.37. The average molecular weight is 737 g/mol. The number of nitrogens with zero attached hydrogens (tertiary/aromatic N) is 4. The molecule has 0 radical (unpaired) electrons. The highest BCUT2D eigenvalue weighted by Gasteiger charge is 2.65. The van der Waals surface area contributed by atoms with Gasteiger partial charge in [-0.3, -0.25) is 9.78 Å². The zero-order valence-electron chi connectivity index (χ0n) is 28.6. The lowest BCUT2D eigenvalue weighted by atomic mass is 9.71. The molecule has 1 saturated carbocycles. The molecule has 10 nitrogen and oxygen atoms in total. The molecule has 4 aromatic heterocycles. The number of aryl methyl sites for hydroxylation is 3. The summed E-state index contributed by atoms with van der Waals surface area (Å²) < 4.78 is 54.7. The summed E-state index contributed by atoms with van der Waals surface area (Å²) in [4.78, 5) is 39.6. The Hall–Kier alpha value is -5.50. The van der Waals surface area contributed by atoms with Crippen molar-refractivity contribution < 1.29 is 27.1 Å². The number of ether oxygens (including phenoxy) is 1. The Morgan fingerprint density at radius 1 is 1.06 bits per heavy atom. The first-order valence-corrected chi connectivity index (χ1v) is 18.4. The molecular formula is C39H31F3N6O4S. The summed E-state index contributed by atoms with van der Waals surface area (Å²) >= 11 is 1.43. The number of anilines is 1. The van der Waals surface area contributed by atoms with Gasteiger partial charge in [0.05, 0.1) is 45.9 Å². The van der Waals surface area contributed by atoms with Gasteiger partial charge in [0.25, 0.3) is 11.8 Å². The van der Waals surface area contributed by atoms with Crippen molar-refractivity contribution in [2.45, 2.75) is 57.0 Å². The number of nitrogens with one attached hydrogen (secondary N) is 2. The van der Waals surface area contributed by atoms with Crippen LogP contribution in [0.5, 0.6) is 5.75 Å². The maximum absolute atomic E-state index is 14.7. The van der Waals surface area contributed by atoms with Gasteiger partial charge in [-0.05, 0) is 98.2 Å². The Kier molecular flexibility index (Phi) is 6.98. The van der Waals surface area contributed by atoms with Crippen LogP contribution in [0.4, 0.5) is 19.0 Å². The molecule has 268 valence electrons. The Morgan fingerprint density at radius 3 is 2.62 bits per heavy atom. The van der Waals surface area contributed by atoms with E-state index in [0.29, 0.717) is 77.5 Å². The minimum Gasteiger partial charge on any atom is -0.493 e. The predicted octanol–water partition coefficient (Wildman–Crippen LogP) is 7.40. The molecule has 14 heteroatoms. The Morgan fingerprint density at radius 2 is 1.87 bits per heavy atom. The summed E-state index contributed by atoms with van der Waals surface area (Å²) in [6, 6.07) is 11.1. The predicted molar refractivity (Wildman–Crippen MR) is 191 cm³/mol. The molecule has 1 amide bonds. The van der Waals surface area contributed by atoms with Crippen molar-refractivity contribution in [1.29, 1.82) is 0 Å². The van der Waals surface area contributed by atoms with Crippen LogP contribution in [0.15, 0.2) is 51.7 Å². The quantitative estimate of drug-likeness (QED) is 0.166. The van der Waals surface area contributed by atoms with Crippen molar-refractivity contribution >= 4 is 33.1 Å². The molecule has 7 heterocycles. The van der Waals surface area contributed by atoms with Crippen LogP contribution in [0, 0.1) is 30.3 Å². The van der Waals surface area contributed by atoms with Crippen LogP contribution < -0.4 is 15.8 Å². The number of hydrogen-bond donors (Lipinski definition) is 2. The summed E-state index contributed by atoms with van der Waals surface area (Å²) in [5.74, 6) is -2.20. The molecule has 2 aliphatic carbocycles. The number of halogens is 3. The van der Waals surface area contributed by atoms with Gasteiger partial charge < -0.3 is 19.4 Å². The fraction of sp³-hybridized carbons (Fsp3) is 0.308. The van der Waals surface area contributed by atoms with Gasteiger partial charge in [0, 0.05) is 28.2 Å². The molecule has 3 aliphatic heterocycles. The normalized spacial score (nSPS) is 20.8. The van der Waals surface area contributed by atoms with E-state index in [2.05, 4.69) is 15.5 Å². The monoisotopic (exact) mass is 736 g/mol. The number of thiophene rings is 1. The lowest BCUT2D eigenvalue weighted by molar-refractivity contribution is 0.0637. The fourth-order valence-electron chi connectivity index (χ4n) is 9.10. The Bertz CT molecular complexity index is 2590. The summed E-state index contributed by atoms with van der Waals surface area (Å²) in [5, 5.41) is 11.0. The lowest BCUT2D eigenvalue weighted by Crippen LogP contribution is -2.40. The number of pyridine rings is 2. The summed E-state index contributed by atoms with van der Waals surface area (Å²) in [6.45, 7) is 2.54. The van der Waals surface area contributed by atoms with Crippen LogP contribution in [0.25, 0.3) is 32.0 Å². The maximum Gasteiger partial charge on any atom is 0.434 e. The first-order chi connectivity index (χ1) is 25.6. The molecule has 5 aliphatic rings. The molecule has 1 atom stereocenters. The maximum atomic E-state index is 14.7. The molecule has 6 aromatic rings. The molecule has 2 N–H and O–H groups in total. The molecule has 3 fully saturated rings. The molecule has 2 bridgehead atoms. The van der Waals surface area contributed by atoms with E-state index in [-0.39, 0.29) is 29.4 Å². The molecule has 2 aromatic carbocycles. The van der Waals surface area contributed by atoms with E-state index in [1.807, 2.05) is 24.0 Å². The van der Waals surface area contributed by atoms with Crippen molar-refractivity contribution in [2.75, 3.05) is 19.0 Å². The Labute approximate surface area is 304 Å². The van der Waals surface area contributed by atoms with E-state index in [1.165, 1.54) is 36.6 Å². The number of aromatic nitrogens is 4. The second kappa shape index (κ2) is 11.5. The topological polar surface area (TPSA) is 126 Å². The van der Waals surface area contributed by atoms with Crippen LogP contribution >= 0.6 is 11.3 Å². The molecule has 0 unspecified atom stereocenters. The van der Waals surface area contributed by atoms with E-state index >= 15 is 0 Å². The first-order valence-electron chi connectivity index (χ1n) is 17.5.